The fraction of sp³-hybridized carbons (Fsp3) is 0.500. The number of rotatable bonds is 5. The van der Waals surface area contributed by atoms with Crippen LogP contribution in [0.15, 0.2) is 24.3 Å². The molecule has 1 atom stereocenters. The number of benzene rings is 1. The third-order valence-electron chi connectivity index (χ3n) is 2.04. The fourth-order valence-electron chi connectivity index (χ4n) is 1.35. The monoisotopic (exact) mass is 211 g/mol. The Labute approximate surface area is 91.9 Å². The van der Waals surface area contributed by atoms with E-state index in [2.05, 4.69) is 43.8 Å². The molecule has 1 unspecified atom stereocenters. The lowest BCUT2D eigenvalue weighted by Crippen LogP contribution is -2.01. The van der Waals surface area contributed by atoms with Crippen LogP contribution in [0.1, 0.15) is 25.0 Å². The Balaban J connectivity index is 2.50. The molecule has 0 saturated heterocycles. The normalized spacial score (nSPS) is 12.8. The highest BCUT2D eigenvalue weighted by Crippen LogP contribution is 2.08. The molecule has 0 aliphatic heterocycles. The zero-order valence-electron chi connectivity index (χ0n) is 8.92. The molecule has 1 aromatic rings. The third-order valence-corrected chi connectivity index (χ3v) is 2.24. The molecule has 1 aromatic carbocycles. The van der Waals surface area contributed by atoms with Crippen LogP contribution in [0.5, 0.6) is 0 Å². The topological polar surface area (TPSA) is 9.23 Å². The smallest absolute Gasteiger partial charge is 0.114 e. The van der Waals surface area contributed by atoms with Gasteiger partial charge in [-0.25, -0.2) is 0 Å². The molecular weight excluding hydrogens is 192 g/mol. The highest BCUT2D eigenvalue weighted by atomic mass is 32.1. The van der Waals surface area contributed by atoms with Gasteiger partial charge in [0.25, 0.3) is 0 Å². The average Bonchev–Trinajstić information content (AvgIpc) is 2.16. The first-order valence-electron chi connectivity index (χ1n) is 5.09. The largest absolute Gasteiger partial charge is 0.377 e. The van der Waals surface area contributed by atoms with Gasteiger partial charge in [-0.15, -0.1) is 0 Å². The van der Waals surface area contributed by atoms with Gasteiger partial charge in [0.05, 0.1) is 6.61 Å². The number of ether oxygens (including phenoxy) is 1. The molecule has 0 aliphatic carbocycles. The molecule has 2 heteroatoms. The standard InChI is InChI=1S/C12H18OS/c1-3-13-9-12-6-4-11(5-7-12)8-10(2)14/h4-7,10,14H,3,8-9H2,1-2H3/p+1. The zero-order chi connectivity index (χ0) is 10.4. The summed E-state index contributed by atoms with van der Waals surface area (Å²) < 4.78 is 5.33. The maximum absolute atomic E-state index is 5.33. The van der Waals surface area contributed by atoms with E-state index in [0.717, 1.165) is 19.6 Å². The van der Waals surface area contributed by atoms with Crippen molar-refractivity contribution in [2.75, 3.05) is 6.61 Å². The molecule has 0 bridgehead atoms. The van der Waals surface area contributed by atoms with Gasteiger partial charge in [-0.3, -0.25) is 0 Å². The van der Waals surface area contributed by atoms with Gasteiger partial charge >= 0.3 is 0 Å². The predicted octanol–water partition coefficient (Wildman–Crippen LogP) is 2.17. The maximum Gasteiger partial charge on any atom is 0.114 e. The second-order valence-electron chi connectivity index (χ2n) is 3.56. The Hall–Kier alpha value is -0.470. The van der Waals surface area contributed by atoms with Crippen LogP contribution in [-0.4, -0.2) is 11.9 Å². The summed E-state index contributed by atoms with van der Waals surface area (Å²) in [6.07, 6.45) is 1.08. The zero-order valence-corrected chi connectivity index (χ0v) is 9.92. The summed E-state index contributed by atoms with van der Waals surface area (Å²) in [6.45, 7) is 5.67. The predicted molar refractivity (Wildman–Crippen MR) is 65.1 cm³/mol. The average molecular weight is 211 g/mol. The van der Waals surface area contributed by atoms with Gasteiger partial charge < -0.3 is 4.74 Å². The first kappa shape index (κ1) is 11.6. The molecule has 0 N–H and O–H groups in total. The maximum atomic E-state index is 5.33. The summed E-state index contributed by atoms with van der Waals surface area (Å²) in [4.78, 5) is 0. The van der Waals surface area contributed by atoms with Crippen molar-refractivity contribution in [3.05, 3.63) is 35.4 Å². The molecule has 0 radical (unpaired) electrons. The van der Waals surface area contributed by atoms with Crippen molar-refractivity contribution in [2.24, 2.45) is 0 Å². The minimum absolute atomic E-state index is 0.535. The van der Waals surface area contributed by atoms with Gasteiger partial charge in [0.1, 0.15) is 5.25 Å². The second-order valence-corrected chi connectivity index (χ2v) is 4.54. The quantitative estimate of drug-likeness (QED) is 0.678. The van der Waals surface area contributed by atoms with E-state index in [1.54, 1.807) is 0 Å². The summed E-state index contributed by atoms with van der Waals surface area (Å²) in [5.41, 5.74) is 2.62. The first-order valence-corrected chi connectivity index (χ1v) is 5.66. The lowest BCUT2D eigenvalue weighted by atomic mass is 10.1. The SMILES string of the molecule is CCOCc1ccc(CC(C)[SH2+])cc1. The summed E-state index contributed by atoms with van der Waals surface area (Å²) in [5, 5.41) is 0.535. The molecule has 0 aromatic heterocycles. The van der Waals surface area contributed by atoms with Crippen molar-refractivity contribution in [1.29, 1.82) is 0 Å². The summed E-state index contributed by atoms with van der Waals surface area (Å²) >= 11 is 3.60. The van der Waals surface area contributed by atoms with Crippen molar-refractivity contribution in [1.82, 2.24) is 0 Å². The van der Waals surface area contributed by atoms with Gasteiger partial charge in [0, 0.05) is 13.0 Å². The van der Waals surface area contributed by atoms with Crippen LogP contribution in [0.3, 0.4) is 0 Å². The highest BCUT2D eigenvalue weighted by Gasteiger charge is 2.02. The minimum atomic E-state index is 0.535. The van der Waals surface area contributed by atoms with E-state index in [1.807, 2.05) is 6.92 Å². The van der Waals surface area contributed by atoms with Crippen LogP contribution in [0.4, 0.5) is 0 Å². The molecule has 0 aliphatic rings. The fourth-order valence-corrected chi connectivity index (χ4v) is 1.58. The van der Waals surface area contributed by atoms with Gasteiger partial charge in [-0.2, -0.15) is 0 Å². The number of hydrogen-bond donors (Lipinski definition) is 0. The van der Waals surface area contributed by atoms with Crippen LogP contribution in [0.25, 0.3) is 0 Å². The van der Waals surface area contributed by atoms with Crippen LogP contribution in [0.2, 0.25) is 0 Å². The van der Waals surface area contributed by atoms with E-state index in [-0.39, 0.29) is 0 Å². The summed E-state index contributed by atoms with van der Waals surface area (Å²) in [5.74, 6) is 0. The van der Waals surface area contributed by atoms with Crippen molar-refractivity contribution in [2.45, 2.75) is 32.1 Å². The van der Waals surface area contributed by atoms with Gasteiger partial charge in [-0.05, 0) is 37.6 Å². The van der Waals surface area contributed by atoms with Gasteiger partial charge in [-0.1, -0.05) is 24.3 Å². The molecule has 0 saturated carbocycles. The van der Waals surface area contributed by atoms with E-state index in [1.165, 1.54) is 11.1 Å². The van der Waals surface area contributed by atoms with Crippen molar-refractivity contribution >= 4 is 12.6 Å². The van der Waals surface area contributed by atoms with Gasteiger partial charge in [0.15, 0.2) is 0 Å². The molecule has 1 nitrogen and oxygen atoms in total. The Morgan fingerprint density at radius 3 is 2.29 bits per heavy atom. The van der Waals surface area contributed by atoms with Crippen LogP contribution < -0.4 is 0 Å². The van der Waals surface area contributed by atoms with Crippen molar-refractivity contribution in [3.8, 4) is 0 Å². The lowest BCUT2D eigenvalue weighted by Gasteiger charge is -2.04. The van der Waals surface area contributed by atoms with Crippen molar-refractivity contribution < 1.29 is 4.74 Å². The van der Waals surface area contributed by atoms with E-state index in [4.69, 9.17) is 4.74 Å². The van der Waals surface area contributed by atoms with Crippen LogP contribution in [0, 0.1) is 0 Å². The van der Waals surface area contributed by atoms with Gasteiger partial charge in [0.2, 0.25) is 0 Å². The Morgan fingerprint density at radius 2 is 1.79 bits per heavy atom. The van der Waals surface area contributed by atoms with E-state index in [9.17, 15) is 0 Å². The minimum Gasteiger partial charge on any atom is -0.377 e. The molecule has 0 amide bonds. The van der Waals surface area contributed by atoms with Crippen LogP contribution >= 0.6 is 0 Å². The number of hydrogen-bond acceptors (Lipinski definition) is 1. The first-order chi connectivity index (χ1) is 6.72. The molecular formula is C12H19OS+. The molecule has 1 rings (SSSR count). The summed E-state index contributed by atoms with van der Waals surface area (Å²) in [6, 6.07) is 8.62. The lowest BCUT2D eigenvalue weighted by molar-refractivity contribution is 0.134. The summed E-state index contributed by atoms with van der Waals surface area (Å²) in [7, 11) is 0. The Morgan fingerprint density at radius 1 is 1.21 bits per heavy atom. The highest BCUT2D eigenvalue weighted by molar-refractivity contribution is 7.59. The Kier molecular flexibility index (Phi) is 5.05. The molecule has 14 heavy (non-hydrogen) atoms. The molecule has 78 valence electrons. The molecule has 0 fully saturated rings. The molecule has 0 spiro atoms. The second kappa shape index (κ2) is 6.10. The van der Waals surface area contributed by atoms with E-state index >= 15 is 0 Å². The Bertz CT molecular complexity index is 254. The third kappa shape index (κ3) is 4.16. The van der Waals surface area contributed by atoms with Crippen molar-refractivity contribution in [3.63, 3.8) is 0 Å². The van der Waals surface area contributed by atoms with Crippen LogP contribution in [-0.2, 0) is 30.4 Å². The van der Waals surface area contributed by atoms with E-state index in [0.29, 0.717) is 5.25 Å². The molecule has 0 heterocycles. The van der Waals surface area contributed by atoms with E-state index < -0.39 is 0 Å².